The lowest BCUT2D eigenvalue weighted by atomic mass is 10.2. The maximum absolute atomic E-state index is 5.21. The van der Waals surface area contributed by atoms with Gasteiger partial charge in [-0.05, 0) is 43.4 Å². The van der Waals surface area contributed by atoms with Crippen molar-refractivity contribution in [3.63, 3.8) is 0 Å². The van der Waals surface area contributed by atoms with Crippen LogP contribution in [0.1, 0.15) is 6.92 Å². The number of benzene rings is 2. The molecule has 0 aliphatic carbocycles. The van der Waals surface area contributed by atoms with Crippen LogP contribution in [0.5, 0.6) is 0 Å². The Hall–Kier alpha value is -1.98. The molecule has 1 aromatic heterocycles. The molecule has 0 atom stereocenters. The summed E-state index contributed by atoms with van der Waals surface area (Å²) in [5, 5.41) is 7.93. The van der Waals surface area contributed by atoms with Crippen LogP contribution >= 0.6 is 23.6 Å². The first kappa shape index (κ1) is 14.0. The van der Waals surface area contributed by atoms with Gasteiger partial charge in [-0.15, -0.1) is 11.3 Å². The van der Waals surface area contributed by atoms with Crippen LogP contribution in [0.4, 0.5) is 5.69 Å². The molecule has 0 bridgehead atoms. The van der Waals surface area contributed by atoms with E-state index in [9.17, 15) is 0 Å². The molecule has 3 nitrogen and oxygen atoms in total. The number of fused-ring (bicyclic) bond motifs is 1. The second kappa shape index (κ2) is 6.20. The third kappa shape index (κ3) is 3.20. The van der Waals surface area contributed by atoms with Crippen molar-refractivity contribution in [3.05, 3.63) is 48.5 Å². The fourth-order valence-electron chi connectivity index (χ4n) is 2.06. The molecule has 0 saturated carbocycles. The summed E-state index contributed by atoms with van der Waals surface area (Å²) in [5.41, 5.74) is 3.11. The molecule has 0 amide bonds. The zero-order valence-electron chi connectivity index (χ0n) is 11.6. The molecule has 106 valence electrons. The van der Waals surface area contributed by atoms with Gasteiger partial charge in [0, 0.05) is 17.8 Å². The molecule has 2 N–H and O–H groups in total. The summed E-state index contributed by atoms with van der Waals surface area (Å²) >= 11 is 6.91. The first-order chi connectivity index (χ1) is 10.3. The number of hydrogen-bond acceptors (Lipinski definition) is 3. The molecule has 0 aliphatic rings. The van der Waals surface area contributed by atoms with E-state index in [1.54, 1.807) is 11.3 Å². The van der Waals surface area contributed by atoms with Gasteiger partial charge >= 0.3 is 0 Å². The standard InChI is InChI=1S/C16H15N3S2/c1-2-17-16(20)18-12-7-5-6-11(10-12)15-19-13-8-3-4-9-14(13)21-15/h3-10H,2H2,1H3,(H2,17,18,20). The quantitative estimate of drug-likeness (QED) is 0.708. The third-order valence-electron chi connectivity index (χ3n) is 3.00. The van der Waals surface area contributed by atoms with Gasteiger partial charge in [-0.1, -0.05) is 24.3 Å². The monoisotopic (exact) mass is 313 g/mol. The molecule has 3 aromatic rings. The molecule has 0 unspecified atom stereocenters. The summed E-state index contributed by atoms with van der Waals surface area (Å²) in [5.74, 6) is 0. The summed E-state index contributed by atoms with van der Waals surface area (Å²) in [6, 6.07) is 16.3. The molecule has 0 saturated heterocycles. The van der Waals surface area contributed by atoms with Gasteiger partial charge < -0.3 is 10.6 Å². The van der Waals surface area contributed by atoms with E-state index in [1.165, 1.54) is 4.70 Å². The van der Waals surface area contributed by atoms with E-state index in [-0.39, 0.29) is 0 Å². The van der Waals surface area contributed by atoms with Crippen molar-refractivity contribution in [2.45, 2.75) is 6.92 Å². The predicted octanol–water partition coefficient (Wildman–Crippen LogP) is 4.27. The average molecular weight is 313 g/mol. The lowest BCUT2D eigenvalue weighted by molar-refractivity contribution is 0.979. The number of aromatic nitrogens is 1. The van der Waals surface area contributed by atoms with E-state index in [4.69, 9.17) is 12.2 Å². The van der Waals surface area contributed by atoms with Gasteiger partial charge in [0.05, 0.1) is 10.2 Å². The molecular weight excluding hydrogens is 298 g/mol. The van der Waals surface area contributed by atoms with Crippen molar-refractivity contribution >= 4 is 44.6 Å². The van der Waals surface area contributed by atoms with Gasteiger partial charge in [0.15, 0.2) is 5.11 Å². The van der Waals surface area contributed by atoms with Gasteiger partial charge in [0.2, 0.25) is 0 Å². The van der Waals surface area contributed by atoms with E-state index in [0.29, 0.717) is 5.11 Å². The molecule has 0 fully saturated rings. The third-order valence-corrected chi connectivity index (χ3v) is 4.33. The zero-order valence-corrected chi connectivity index (χ0v) is 13.2. The number of anilines is 1. The van der Waals surface area contributed by atoms with Crippen LogP contribution in [0.2, 0.25) is 0 Å². The van der Waals surface area contributed by atoms with Gasteiger partial charge in [0.1, 0.15) is 5.01 Å². The Morgan fingerprint density at radius 3 is 2.86 bits per heavy atom. The highest BCUT2D eigenvalue weighted by atomic mass is 32.1. The Kier molecular flexibility index (Phi) is 4.13. The van der Waals surface area contributed by atoms with Gasteiger partial charge in [-0.25, -0.2) is 4.98 Å². The number of hydrogen-bond donors (Lipinski definition) is 2. The highest BCUT2D eigenvalue weighted by Crippen LogP contribution is 2.31. The molecule has 1 heterocycles. The van der Waals surface area contributed by atoms with Crippen LogP contribution in [-0.4, -0.2) is 16.6 Å². The van der Waals surface area contributed by atoms with Crippen LogP contribution in [0.3, 0.4) is 0 Å². The molecule has 5 heteroatoms. The summed E-state index contributed by atoms with van der Waals surface area (Å²) in [6.07, 6.45) is 0. The maximum Gasteiger partial charge on any atom is 0.170 e. The van der Waals surface area contributed by atoms with Crippen LogP contribution in [0, 0.1) is 0 Å². The van der Waals surface area contributed by atoms with Crippen molar-refractivity contribution in [2.75, 3.05) is 11.9 Å². The molecule has 0 radical (unpaired) electrons. The van der Waals surface area contributed by atoms with Gasteiger partial charge in [-0.3, -0.25) is 0 Å². The molecule has 21 heavy (non-hydrogen) atoms. The topological polar surface area (TPSA) is 37.0 Å². The number of thiocarbonyl (C=S) groups is 1. The second-order valence-corrected chi connectivity index (χ2v) is 5.99. The average Bonchev–Trinajstić information content (AvgIpc) is 2.91. The number of thiazole rings is 1. The number of nitrogens with zero attached hydrogens (tertiary/aromatic N) is 1. The minimum absolute atomic E-state index is 0.638. The van der Waals surface area contributed by atoms with E-state index in [2.05, 4.69) is 33.8 Å². The molecule has 0 aliphatic heterocycles. The first-order valence-electron chi connectivity index (χ1n) is 6.77. The van der Waals surface area contributed by atoms with E-state index < -0.39 is 0 Å². The fourth-order valence-corrected chi connectivity index (χ4v) is 3.29. The Bertz CT molecular complexity index is 747. The number of para-hydroxylation sites is 1. The number of rotatable bonds is 3. The van der Waals surface area contributed by atoms with Gasteiger partial charge in [-0.2, -0.15) is 0 Å². The Morgan fingerprint density at radius 1 is 1.19 bits per heavy atom. The van der Waals surface area contributed by atoms with Crippen molar-refractivity contribution in [1.29, 1.82) is 0 Å². The van der Waals surface area contributed by atoms with Crippen LogP contribution in [-0.2, 0) is 0 Å². The second-order valence-electron chi connectivity index (χ2n) is 4.55. The van der Waals surface area contributed by atoms with Gasteiger partial charge in [0.25, 0.3) is 0 Å². The largest absolute Gasteiger partial charge is 0.363 e. The normalized spacial score (nSPS) is 10.5. The minimum atomic E-state index is 0.638. The van der Waals surface area contributed by atoms with Crippen LogP contribution < -0.4 is 10.6 Å². The molecule has 3 rings (SSSR count). The zero-order chi connectivity index (χ0) is 14.7. The summed E-state index contributed by atoms with van der Waals surface area (Å²) < 4.78 is 1.20. The highest BCUT2D eigenvalue weighted by Gasteiger charge is 2.06. The SMILES string of the molecule is CCNC(=S)Nc1cccc(-c2nc3ccccc3s2)c1. The fraction of sp³-hybridized carbons (Fsp3) is 0.125. The first-order valence-corrected chi connectivity index (χ1v) is 7.99. The van der Waals surface area contributed by atoms with Crippen molar-refractivity contribution in [3.8, 4) is 10.6 Å². The maximum atomic E-state index is 5.21. The van der Waals surface area contributed by atoms with Crippen molar-refractivity contribution in [2.24, 2.45) is 0 Å². The Morgan fingerprint density at radius 2 is 2.05 bits per heavy atom. The van der Waals surface area contributed by atoms with E-state index in [0.717, 1.165) is 28.3 Å². The molecule has 0 spiro atoms. The molecule has 2 aromatic carbocycles. The lowest BCUT2D eigenvalue weighted by Crippen LogP contribution is -2.27. The highest BCUT2D eigenvalue weighted by molar-refractivity contribution is 7.80. The summed E-state index contributed by atoms with van der Waals surface area (Å²) in [4.78, 5) is 4.68. The Balaban J connectivity index is 1.90. The van der Waals surface area contributed by atoms with E-state index >= 15 is 0 Å². The Labute approximate surface area is 133 Å². The van der Waals surface area contributed by atoms with Crippen molar-refractivity contribution in [1.82, 2.24) is 10.3 Å². The molecular formula is C16H15N3S2. The van der Waals surface area contributed by atoms with E-state index in [1.807, 2.05) is 37.3 Å². The van der Waals surface area contributed by atoms with Crippen LogP contribution in [0.25, 0.3) is 20.8 Å². The summed E-state index contributed by atoms with van der Waals surface area (Å²) in [7, 11) is 0. The minimum Gasteiger partial charge on any atom is -0.363 e. The lowest BCUT2D eigenvalue weighted by Gasteiger charge is -2.09. The van der Waals surface area contributed by atoms with Crippen LogP contribution in [0.15, 0.2) is 48.5 Å². The number of nitrogens with one attached hydrogen (secondary N) is 2. The smallest absolute Gasteiger partial charge is 0.170 e. The predicted molar refractivity (Wildman–Crippen MR) is 95.0 cm³/mol. The van der Waals surface area contributed by atoms with Crippen molar-refractivity contribution < 1.29 is 0 Å². The summed E-state index contributed by atoms with van der Waals surface area (Å²) in [6.45, 7) is 2.83.